The maximum atomic E-state index is 11.7. The molecule has 0 unspecified atom stereocenters. The summed E-state index contributed by atoms with van der Waals surface area (Å²) in [6, 6.07) is 21.8. The Balaban J connectivity index is 1.90. The van der Waals surface area contributed by atoms with E-state index in [0.29, 0.717) is 18.6 Å². The van der Waals surface area contributed by atoms with Crippen molar-refractivity contribution in [1.82, 2.24) is 0 Å². The van der Waals surface area contributed by atoms with Crippen LogP contribution in [-0.2, 0) is 17.6 Å². The van der Waals surface area contributed by atoms with Crippen LogP contribution in [0.25, 0.3) is 32.3 Å². The van der Waals surface area contributed by atoms with Crippen LogP contribution in [0.15, 0.2) is 60.7 Å². The zero-order valence-corrected chi connectivity index (χ0v) is 12.8. The van der Waals surface area contributed by atoms with Crippen molar-refractivity contribution in [2.45, 2.75) is 19.3 Å². The predicted molar refractivity (Wildman–Crippen MR) is 96.0 cm³/mol. The van der Waals surface area contributed by atoms with Crippen LogP contribution in [0, 0.1) is 0 Å². The highest BCUT2D eigenvalue weighted by molar-refractivity contribution is 6.17. The van der Waals surface area contributed by atoms with Gasteiger partial charge < -0.3 is 0 Å². The van der Waals surface area contributed by atoms with Crippen LogP contribution in [0.2, 0.25) is 0 Å². The van der Waals surface area contributed by atoms with E-state index >= 15 is 0 Å². The highest BCUT2D eigenvalue weighted by Gasteiger charge is 2.18. The van der Waals surface area contributed by atoms with Crippen molar-refractivity contribution >= 4 is 38.1 Å². The van der Waals surface area contributed by atoms with E-state index < -0.39 is 0 Å². The highest BCUT2D eigenvalue weighted by atomic mass is 16.1. The molecule has 0 spiro atoms. The van der Waals surface area contributed by atoms with Gasteiger partial charge in [-0.1, -0.05) is 60.7 Å². The maximum Gasteiger partial charge on any atom is 0.137 e. The van der Waals surface area contributed by atoms with Crippen LogP contribution >= 0.6 is 0 Å². The molecule has 0 saturated heterocycles. The van der Waals surface area contributed by atoms with Gasteiger partial charge in [-0.05, 0) is 49.9 Å². The first-order valence-electron chi connectivity index (χ1n) is 8.18. The van der Waals surface area contributed by atoms with Crippen LogP contribution in [0.5, 0.6) is 0 Å². The third kappa shape index (κ3) is 1.83. The topological polar surface area (TPSA) is 17.1 Å². The van der Waals surface area contributed by atoms with Gasteiger partial charge in [0.25, 0.3) is 0 Å². The summed E-state index contributed by atoms with van der Waals surface area (Å²) in [4.78, 5) is 11.7. The second-order valence-electron chi connectivity index (χ2n) is 6.46. The SMILES string of the molecule is O=C1CCc2c(ccc3c2ccc2c4ccccc4ccc32)C1. The lowest BCUT2D eigenvalue weighted by molar-refractivity contribution is -0.118. The first-order valence-corrected chi connectivity index (χ1v) is 8.18. The van der Waals surface area contributed by atoms with E-state index in [-0.39, 0.29) is 0 Å². The molecule has 4 aromatic carbocycles. The maximum absolute atomic E-state index is 11.7. The minimum Gasteiger partial charge on any atom is -0.299 e. The molecule has 0 radical (unpaired) electrons. The smallest absolute Gasteiger partial charge is 0.137 e. The summed E-state index contributed by atoms with van der Waals surface area (Å²) < 4.78 is 0. The van der Waals surface area contributed by atoms with Gasteiger partial charge in [-0.15, -0.1) is 0 Å². The second-order valence-corrected chi connectivity index (χ2v) is 6.46. The van der Waals surface area contributed by atoms with Crippen LogP contribution in [0.1, 0.15) is 17.5 Å². The summed E-state index contributed by atoms with van der Waals surface area (Å²) in [5.41, 5.74) is 2.59. The van der Waals surface area contributed by atoms with Crippen LogP contribution in [0.4, 0.5) is 0 Å². The van der Waals surface area contributed by atoms with E-state index in [1.165, 1.54) is 43.4 Å². The van der Waals surface area contributed by atoms with Crippen molar-refractivity contribution in [2.24, 2.45) is 0 Å². The van der Waals surface area contributed by atoms with E-state index in [1.54, 1.807) is 0 Å². The van der Waals surface area contributed by atoms with Gasteiger partial charge in [-0.3, -0.25) is 4.79 Å². The van der Waals surface area contributed by atoms with Crippen LogP contribution in [-0.4, -0.2) is 5.78 Å². The third-order valence-corrected chi connectivity index (χ3v) is 5.17. The first-order chi connectivity index (χ1) is 11.3. The summed E-state index contributed by atoms with van der Waals surface area (Å²) in [5.74, 6) is 0.364. The fourth-order valence-corrected chi connectivity index (χ4v) is 4.04. The summed E-state index contributed by atoms with van der Waals surface area (Å²) in [6.07, 6.45) is 2.16. The molecule has 5 rings (SSSR count). The third-order valence-electron chi connectivity index (χ3n) is 5.17. The number of fused-ring (bicyclic) bond motifs is 7. The van der Waals surface area contributed by atoms with E-state index in [2.05, 4.69) is 60.7 Å². The number of carbonyl (C=O) groups excluding carboxylic acids is 1. The average molecular weight is 296 g/mol. The van der Waals surface area contributed by atoms with Crippen molar-refractivity contribution in [3.63, 3.8) is 0 Å². The molecule has 1 aliphatic carbocycles. The minimum atomic E-state index is 0.364. The molecule has 0 heterocycles. The monoisotopic (exact) mass is 296 g/mol. The molecule has 1 nitrogen and oxygen atoms in total. The fraction of sp³-hybridized carbons (Fsp3) is 0.136. The van der Waals surface area contributed by atoms with Crippen molar-refractivity contribution in [3.8, 4) is 0 Å². The molecule has 1 heteroatoms. The molecular weight excluding hydrogens is 280 g/mol. The molecule has 23 heavy (non-hydrogen) atoms. The van der Waals surface area contributed by atoms with Crippen molar-refractivity contribution in [1.29, 1.82) is 0 Å². The van der Waals surface area contributed by atoms with Crippen LogP contribution < -0.4 is 0 Å². The van der Waals surface area contributed by atoms with E-state index in [9.17, 15) is 4.79 Å². The van der Waals surface area contributed by atoms with Crippen LogP contribution in [0.3, 0.4) is 0 Å². The number of aryl methyl sites for hydroxylation is 1. The van der Waals surface area contributed by atoms with Gasteiger partial charge in [0.2, 0.25) is 0 Å². The molecule has 1 aliphatic rings. The van der Waals surface area contributed by atoms with E-state index in [4.69, 9.17) is 0 Å². The number of Topliss-reactive ketones (excluding diaryl/α,β-unsaturated/α-hetero) is 1. The van der Waals surface area contributed by atoms with Gasteiger partial charge in [0.1, 0.15) is 5.78 Å². The molecule has 0 saturated carbocycles. The van der Waals surface area contributed by atoms with E-state index in [0.717, 1.165) is 6.42 Å². The molecule has 4 aromatic rings. The number of hydrogen-bond donors (Lipinski definition) is 0. The Morgan fingerprint density at radius 3 is 2.26 bits per heavy atom. The number of benzene rings is 4. The summed E-state index contributed by atoms with van der Waals surface area (Å²) in [7, 11) is 0. The Morgan fingerprint density at radius 1 is 0.609 bits per heavy atom. The van der Waals surface area contributed by atoms with Crippen molar-refractivity contribution in [3.05, 3.63) is 71.8 Å². The average Bonchev–Trinajstić information content (AvgIpc) is 2.60. The van der Waals surface area contributed by atoms with Gasteiger partial charge in [-0.25, -0.2) is 0 Å². The summed E-state index contributed by atoms with van der Waals surface area (Å²) in [5, 5.41) is 7.82. The minimum absolute atomic E-state index is 0.364. The number of hydrogen-bond acceptors (Lipinski definition) is 1. The fourth-order valence-electron chi connectivity index (χ4n) is 4.04. The Bertz CT molecular complexity index is 1110. The zero-order valence-electron chi connectivity index (χ0n) is 12.8. The quantitative estimate of drug-likeness (QED) is 0.407. The lowest BCUT2D eigenvalue weighted by Crippen LogP contribution is -2.13. The van der Waals surface area contributed by atoms with Gasteiger partial charge in [0.05, 0.1) is 0 Å². The van der Waals surface area contributed by atoms with Crippen molar-refractivity contribution in [2.75, 3.05) is 0 Å². The molecule has 0 aromatic heterocycles. The molecule has 0 atom stereocenters. The van der Waals surface area contributed by atoms with Crippen molar-refractivity contribution < 1.29 is 4.79 Å². The molecule has 0 amide bonds. The lowest BCUT2D eigenvalue weighted by Gasteiger charge is -2.18. The van der Waals surface area contributed by atoms with Gasteiger partial charge >= 0.3 is 0 Å². The standard InChI is InChI=1S/C22H16O/c23-16-7-10-18-15(13-16)6-9-22-20(18)12-11-19-17-4-2-1-3-14(17)5-8-21(19)22/h1-6,8-9,11-12H,7,10,13H2. The zero-order chi connectivity index (χ0) is 15.4. The summed E-state index contributed by atoms with van der Waals surface area (Å²) >= 11 is 0. The molecule has 110 valence electrons. The summed E-state index contributed by atoms with van der Waals surface area (Å²) in [6.45, 7) is 0. The molecular formula is C22H16O. The molecule has 0 bridgehead atoms. The number of ketones is 1. The Labute approximate surface area is 134 Å². The number of carbonyl (C=O) groups is 1. The highest BCUT2D eigenvalue weighted by Crippen LogP contribution is 2.35. The number of rotatable bonds is 0. The van der Waals surface area contributed by atoms with Gasteiger partial charge in [0.15, 0.2) is 0 Å². The van der Waals surface area contributed by atoms with Gasteiger partial charge in [-0.2, -0.15) is 0 Å². The first kappa shape index (κ1) is 12.8. The molecule has 0 fully saturated rings. The molecule has 0 aliphatic heterocycles. The Morgan fingerprint density at radius 2 is 1.30 bits per heavy atom. The van der Waals surface area contributed by atoms with Gasteiger partial charge in [0, 0.05) is 12.8 Å². The normalized spacial score (nSPS) is 14.5. The largest absolute Gasteiger partial charge is 0.299 e. The lowest BCUT2D eigenvalue weighted by atomic mass is 9.85. The van der Waals surface area contributed by atoms with E-state index in [1.807, 2.05) is 0 Å². The second kappa shape index (κ2) is 4.66. The Kier molecular flexibility index (Phi) is 2.60. The Hall–Kier alpha value is -2.67. The molecule has 0 N–H and O–H groups in total. The predicted octanol–water partition coefficient (Wildman–Crippen LogP) is 5.20.